The molecule has 9 heteroatoms. The molecule has 1 aliphatic heterocycles. The van der Waals surface area contributed by atoms with Gasteiger partial charge in [-0.15, -0.1) is 0 Å². The molecule has 2 N–H and O–H groups in total. The maximum atomic E-state index is 13.4. The zero-order chi connectivity index (χ0) is 27.5. The lowest BCUT2D eigenvalue weighted by Gasteiger charge is -2.32. The van der Waals surface area contributed by atoms with Gasteiger partial charge in [-0.05, 0) is 54.8 Å². The number of hydrogen-bond donors (Lipinski definition) is 2. The Labute approximate surface area is 230 Å². The fourth-order valence-electron chi connectivity index (χ4n) is 5.23. The van der Waals surface area contributed by atoms with Crippen LogP contribution in [0.25, 0.3) is 22.0 Å². The highest BCUT2D eigenvalue weighted by Gasteiger charge is 2.22. The van der Waals surface area contributed by atoms with E-state index in [0.717, 1.165) is 48.5 Å². The Kier molecular flexibility index (Phi) is 7.29. The van der Waals surface area contributed by atoms with Gasteiger partial charge < -0.3 is 24.5 Å². The van der Waals surface area contributed by atoms with Crippen LogP contribution < -0.4 is 16.1 Å². The molecular formula is C31H30FN5O3. The molecule has 6 rings (SSSR count). The number of carbonyl (C=O) groups is 1. The van der Waals surface area contributed by atoms with Crippen LogP contribution in [0.4, 0.5) is 10.3 Å². The summed E-state index contributed by atoms with van der Waals surface area (Å²) >= 11 is 0. The molecule has 5 aromatic rings. The molecule has 0 spiro atoms. The maximum absolute atomic E-state index is 13.4. The van der Waals surface area contributed by atoms with E-state index in [1.807, 2.05) is 18.2 Å². The Morgan fingerprint density at radius 3 is 2.58 bits per heavy atom. The van der Waals surface area contributed by atoms with E-state index in [2.05, 4.69) is 26.2 Å². The Bertz CT molecular complexity index is 1700. The zero-order valence-electron chi connectivity index (χ0n) is 22.0. The molecule has 40 heavy (non-hydrogen) atoms. The molecule has 1 saturated heterocycles. The maximum Gasteiger partial charge on any atom is 0.287 e. The van der Waals surface area contributed by atoms with Crippen molar-refractivity contribution >= 4 is 33.9 Å². The number of fused-ring (bicyclic) bond motifs is 2. The minimum atomic E-state index is -0.389. The fourth-order valence-corrected chi connectivity index (χ4v) is 5.23. The molecular weight excluding hydrogens is 509 g/mol. The van der Waals surface area contributed by atoms with Crippen LogP contribution in [-0.2, 0) is 6.54 Å². The average Bonchev–Trinajstić information content (AvgIpc) is 3.31. The van der Waals surface area contributed by atoms with Gasteiger partial charge in [0.25, 0.3) is 5.91 Å². The lowest BCUT2D eigenvalue weighted by Crippen LogP contribution is -2.43. The number of amides is 1. The number of carbonyl (C=O) groups excluding carboxylic acids is 1. The number of benzene rings is 3. The van der Waals surface area contributed by atoms with Crippen molar-refractivity contribution < 1.29 is 13.6 Å². The quantitative estimate of drug-likeness (QED) is 0.299. The highest BCUT2D eigenvalue weighted by atomic mass is 19.1. The van der Waals surface area contributed by atoms with Crippen molar-refractivity contribution in [3.05, 3.63) is 106 Å². The third-order valence-corrected chi connectivity index (χ3v) is 7.40. The summed E-state index contributed by atoms with van der Waals surface area (Å²) < 4.78 is 21.2. The second-order valence-corrected chi connectivity index (χ2v) is 10.1. The standard InChI is InChI=1S/C31H30FN5O3/c32-22-11-9-21(10-12-22)20-37-26-7-3-2-6-25(26)35-31(37)34-23-13-16-36(17-14-23)18-15-33-30(39)29-19-27(38)24-5-1-4-8-28(24)40-29/h1-12,19,23H,13-18,20H2,(H,33,39)(H,34,35). The predicted octanol–water partition coefficient (Wildman–Crippen LogP) is 4.64. The van der Waals surface area contributed by atoms with Crippen LogP contribution in [0.1, 0.15) is 29.0 Å². The Morgan fingerprint density at radius 2 is 1.75 bits per heavy atom. The lowest BCUT2D eigenvalue weighted by atomic mass is 10.1. The van der Waals surface area contributed by atoms with Crippen molar-refractivity contribution in [1.29, 1.82) is 0 Å². The summed E-state index contributed by atoms with van der Waals surface area (Å²) in [5.41, 5.74) is 3.13. The summed E-state index contributed by atoms with van der Waals surface area (Å²) in [6.45, 7) is 3.53. The number of hydrogen-bond acceptors (Lipinski definition) is 6. The van der Waals surface area contributed by atoms with E-state index in [1.165, 1.54) is 18.2 Å². The van der Waals surface area contributed by atoms with Crippen LogP contribution in [0, 0.1) is 5.82 Å². The van der Waals surface area contributed by atoms with Crippen LogP contribution in [0.5, 0.6) is 0 Å². The molecule has 0 bridgehead atoms. The first kappa shape index (κ1) is 25.8. The number of imidazole rings is 1. The molecule has 1 aliphatic rings. The van der Waals surface area contributed by atoms with E-state index in [-0.39, 0.29) is 29.0 Å². The third-order valence-electron chi connectivity index (χ3n) is 7.40. The van der Waals surface area contributed by atoms with Crippen molar-refractivity contribution in [1.82, 2.24) is 19.8 Å². The summed E-state index contributed by atoms with van der Waals surface area (Å²) in [5, 5.41) is 6.98. The Balaban J connectivity index is 1.03. The second-order valence-electron chi connectivity index (χ2n) is 10.1. The number of aromatic nitrogens is 2. The van der Waals surface area contributed by atoms with Gasteiger partial charge in [0.05, 0.1) is 23.0 Å². The summed E-state index contributed by atoms with van der Waals surface area (Å²) in [6.07, 6.45) is 1.88. The number of para-hydroxylation sites is 3. The number of halogens is 1. The van der Waals surface area contributed by atoms with Crippen LogP contribution in [0.3, 0.4) is 0 Å². The molecule has 2 aromatic heterocycles. The van der Waals surface area contributed by atoms with E-state index < -0.39 is 0 Å². The Hall–Kier alpha value is -4.50. The molecule has 0 saturated carbocycles. The number of anilines is 1. The molecule has 8 nitrogen and oxygen atoms in total. The van der Waals surface area contributed by atoms with Gasteiger partial charge in [-0.25, -0.2) is 9.37 Å². The third kappa shape index (κ3) is 5.60. The Morgan fingerprint density at radius 1 is 1.00 bits per heavy atom. The van der Waals surface area contributed by atoms with Gasteiger partial charge in [0.15, 0.2) is 11.2 Å². The topological polar surface area (TPSA) is 92.4 Å². The molecule has 0 radical (unpaired) electrons. The monoisotopic (exact) mass is 539 g/mol. The summed E-state index contributed by atoms with van der Waals surface area (Å²) in [4.78, 5) is 32.0. The van der Waals surface area contributed by atoms with Crippen LogP contribution in [0.2, 0.25) is 0 Å². The van der Waals surface area contributed by atoms with Gasteiger partial charge in [-0.3, -0.25) is 9.59 Å². The number of piperidine rings is 1. The normalized spacial score (nSPS) is 14.5. The summed E-state index contributed by atoms with van der Waals surface area (Å²) in [5.74, 6) is 0.201. The van der Waals surface area contributed by atoms with Crippen molar-refractivity contribution in [2.75, 3.05) is 31.5 Å². The average molecular weight is 540 g/mol. The van der Waals surface area contributed by atoms with Crippen molar-refractivity contribution in [3.8, 4) is 0 Å². The number of rotatable bonds is 8. The molecule has 0 aliphatic carbocycles. The molecule has 0 unspecified atom stereocenters. The predicted molar refractivity (Wildman–Crippen MR) is 153 cm³/mol. The molecule has 204 valence electrons. The van der Waals surface area contributed by atoms with Gasteiger partial charge in [0, 0.05) is 38.3 Å². The number of nitrogens with one attached hydrogen (secondary N) is 2. The van der Waals surface area contributed by atoms with Gasteiger partial charge in [0.1, 0.15) is 11.4 Å². The van der Waals surface area contributed by atoms with Crippen molar-refractivity contribution in [2.45, 2.75) is 25.4 Å². The smallest absolute Gasteiger partial charge is 0.287 e. The molecule has 1 amide bonds. The minimum absolute atomic E-state index is 0.0233. The van der Waals surface area contributed by atoms with Gasteiger partial charge in [-0.2, -0.15) is 0 Å². The van der Waals surface area contributed by atoms with Crippen molar-refractivity contribution in [3.63, 3.8) is 0 Å². The SMILES string of the molecule is O=C(NCCN1CCC(Nc2nc3ccccc3n2Cc2ccc(F)cc2)CC1)c1cc(=O)c2ccccc2o1. The largest absolute Gasteiger partial charge is 0.451 e. The second kappa shape index (κ2) is 11.3. The van der Waals surface area contributed by atoms with Crippen LogP contribution in [-0.4, -0.2) is 52.6 Å². The van der Waals surface area contributed by atoms with E-state index in [0.29, 0.717) is 30.6 Å². The summed E-state index contributed by atoms with van der Waals surface area (Å²) in [7, 11) is 0. The lowest BCUT2D eigenvalue weighted by molar-refractivity contribution is 0.0919. The van der Waals surface area contributed by atoms with E-state index in [9.17, 15) is 14.0 Å². The van der Waals surface area contributed by atoms with E-state index in [1.54, 1.807) is 36.4 Å². The highest BCUT2D eigenvalue weighted by Crippen LogP contribution is 2.24. The highest BCUT2D eigenvalue weighted by molar-refractivity contribution is 5.93. The summed E-state index contributed by atoms with van der Waals surface area (Å²) in [6, 6.07) is 23.0. The van der Waals surface area contributed by atoms with Crippen LogP contribution >= 0.6 is 0 Å². The van der Waals surface area contributed by atoms with Crippen LogP contribution in [0.15, 0.2) is 88.1 Å². The minimum Gasteiger partial charge on any atom is -0.451 e. The first-order valence-corrected chi connectivity index (χ1v) is 13.5. The molecule has 3 heterocycles. The molecule has 1 fully saturated rings. The number of likely N-dealkylation sites (tertiary alicyclic amines) is 1. The van der Waals surface area contributed by atoms with Gasteiger partial charge in [-0.1, -0.05) is 36.4 Å². The molecule has 3 aromatic carbocycles. The zero-order valence-corrected chi connectivity index (χ0v) is 22.0. The van der Waals surface area contributed by atoms with E-state index in [4.69, 9.17) is 9.40 Å². The van der Waals surface area contributed by atoms with Crippen molar-refractivity contribution in [2.24, 2.45) is 0 Å². The van der Waals surface area contributed by atoms with E-state index >= 15 is 0 Å². The first-order valence-electron chi connectivity index (χ1n) is 13.5. The fraction of sp³-hybridized carbons (Fsp3) is 0.258. The molecule has 0 atom stereocenters. The van der Waals surface area contributed by atoms with Gasteiger partial charge >= 0.3 is 0 Å². The van der Waals surface area contributed by atoms with Gasteiger partial charge in [0.2, 0.25) is 5.95 Å². The first-order chi connectivity index (χ1) is 19.5. The number of nitrogens with zero attached hydrogens (tertiary/aromatic N) is 3.